The van der Waals surface area contributed by atoms with Gasteiger partial charge in [-0.15, -0.1) is 0 Å². The van der Waals surface area contributed by atoms with Crippen LogP contribution in [0.5, 0.6) is 0 Å². The van der Waals surface area contributed by atoms with Gasteiger partial charge in [0.1, 0.15) is 11.6 Å². The van der Waals surface area contributed by atoms with Gasteiger partial charge in [0.25, 0.3) is 0 Å². The first-order valence-corrected chi connectivity index (χ1v) is 9.00. The molecule has 0 aliphatic carbocycles. The fourth-order valence-electron chi connectivity index (χ4n) is 3.38. The van der Waals surface area contributed by atoms with E-state index in [2.05, 4.69) is 9.55 Å². The summed E-state index contributed by atoms with van der Waals surface area (Å²) in [6.07, 6.45) is 2.60. The number of aromatic nitrogens is 3. The second kappa shape index (κ2) is 6.82. The molecule has 4 nitrogen and oxygen atoms in total. The van der Waals surface area contributed by atoms with Crippen LogP contribution < -0.4 is 0 Å². The number of pyridine rings is 1. The lowest BCUT2D eigenvalue weighted by atomic mass is 10.1. The van der Waals surface area contributed by atoms with Crippen molar-refractivity contribution in [3.63, 3.8) is 0 Å². The highest BCUT2D eigenvalue weighted by Crippen LogP contribution is 2.33. The smallest absolute Gasteiger partial charge is 0.142 e. The lowest BCUT2D eigenvalue weighted by molar-refractivity contribution is 0.0666. The van der Waals surface area contributed by atoms with Crippen LogP contribution in [-0.2, 0) is 17.7 Å². The third-order valence-electron chi connectivity index (χ3n) is 4.60. The van der Waals surface area contributed by atoms with Crippen molar-refractivity contribution in [1.82, 2.24) is 14.5 Å². The van der Waals surface area contributed by atoms with Crippen molar-refractivity contribution in [3.8, 4) is 22.6 Å². The number of halogens is 2. The van der Waals surface area contributed by atoms with E-state index >= 15 is 0 Å². The molecule has 1 aliphatic heterocycles. The molecule has 0 N–H and O–H groups in total. The van der Waals surface area contributed by atoms with Crippen molar-refractivity contribution in [2.24, 2.45) is 0 Å². The largest absolute Gasteiger partial charge is 0.376 e. The van der Waals surface area contributed by atoms with Crippen molar-refractivity contribution in [2.75, 3.05) is 6.61 Å². The van der Waals surface area contributed by atoms with Gasteiger partial charge in [0, 0.05) is 35.1 Å². The molecule has 4 rings (SSSR count). The van der Waals surface area contributed by atoms with E-state index in [4.69, 9.17) is 21.3 Å². The monoisotopic (exact) mass is 371 g/mol. The first kappa shape index (κ1) is 17.2. The average molecular weight is 372 g/mol. The zero-order chi connectivity index (χ0) is 18.3. The zero-order valence-electron chi connectivity index (χ0n) is 14.7. The molecule has 1 aliphatic rings. The molecule has 134 valence electrons. The van der Waals surface area contributed by atoms with Crippen LogP contribution in [0.4, 0.5) is 4.39 Å². The van der Waals surface area contributed by atoms with Crippen LogP contribution >= 0.6 is 11.6 Å². The molecular weight excluding hydrogens is 353 g/mol. The number of benzene rings is 1. The summed E-state index contributed by atoms with van der Waals surface area (Å²) in [5, 5.41) is 0.109. The van der Waals surface area contributed by atoms with Crippen molar-refractivity contribution in [1.29, 1.82) is 0 Å². The minimum atomic E-state index is -0.444. The number of imidazole rings is 1. The number of fused-ring (bicyclic) bond motifs is 1. The van der Waals surface area contributed by atoms with E-state index in [1.54, 1.807) is 18.3 Å². The Balaban J connectivity index is 1.92. The van der Waals surface area contributed by atoms with Gasteiger partial charge in [-0.2, -0.15) is 0 Å². The molecule has 1 aromatic carbocycles. The van der Waals surface area contributed by atoms with Gasteiger partial charge in [0.2, 0.25) is 0 Å². The summed E-state index contributed by atoms with van der Waals surface area (Å²) >= 11 is 5.85. The molecule has 0 bridgehead atoms. The molecule has 26 heavy (non-hydrogen) atoms. The Morgan fingerprint density at radius 2 is 2.08 bits per heavy atom. The van der Waals surface area contributed by atoms with Crippen LogP contribution in [0.15, 0.2) is 36.5 Å². The van der Waals surface area contributed by atoms with Crippen molar-refractivity contribution in [3.05, 3.63) is 58.8 Å². The van der Waals surface area contributed by atoms with Crippen LogP contribution in [0.2, 0.25) is 5.02 Å². The topological polar surface area (TPSA) is 39.9 Å². The fraction of sp³-hybridized carbons (Fsp3) is 0.300. The summed E-state index contributed by atoms with van der Waals surface area (Å²) < 4.78 is 22.0. The Labute approximate surface area is 156 Å². The Hall–Kier alpha value is -2.24. The normalized spacial score (nSPS) is 17.0. The van der Waals surface area contributed by atoms with E-state index in [1.165, 1.54) is 6.07 Å². The van der Waals surface area contributed by atoms with E-state index in [9.17, 15) is 4.39 Å². The summed E-state index contributed by atoms with van der Waals surface area (Å²) in [6, 6.07) is 8.79. The van der Waals surface area contributed by atoms with Crippen LogP contribution in [0, 0.1) is 12.7 Å². The molecule has 2 aromatic heterocycles. The maximum atomic E-state index is 14.0. The highest BCUT2D eigenvalue weighted by atomic mass is 35.5. The van der Waals surface area contributed by atoms with E-state index < -0.39 is 5.82 Å². The molecule has 3 heterocycles. The summed E-state index contributed by atoms with van der Waals surface area (Å²) in [5.41, 5.74) is 4.65. The van der Waals surface area contributed by atoms with Crippen LogP contribution in [0.1, 0.15) is 18.3 Å². The second-order valence-corrected chi connectivity index (χ2v) is 6.99. The van der Waals surface area contributed by atoms with Crippen molar-refractivity contribution in [2.45, 2.75) is 32.9 Å². The summed E-state index contributed by atoms with van der Waals surface area (Å²) in [7, 11) is 0. The van der Waals surface area contributed by atoms with E-state index in [1.807, 2.05) is 26.0 Å². The number of aryl methyl sites for hydroxylation is 1. The van der Waals surface area contributed by atoms with Crippen molar-refractivity contribution < 1.29 is 9.13 Å². The molecule has 6 heteroatoms. The summed E-state index contributed by atoms with van der Waals surface area (Å²) in [6.45, 7) is 5.31. The molecular formula is C20H19ClFN3O. The molecule has 0 fully saturated rings. The molecule has 0 radical (unpaired) electrons. The maximum Gasteiger partial charge on any atom is 0.142 e. The Kier molecular flexibility index (Phi) is 4.51. The summed E-state index contributed by atoms with van der Waals surface area (Å²) in [5.74, 6) is 0.290. The molecule has 1 atom stereocenters. The Morgan fingerprint density at radius 3 is 2.85 bits per heavy atom. The van der Waals surface area contributed by atoms with Gasteiger partial charge in [-0.3, -0.25) is 4.98 Å². The molecule has 0 amide bonds. The highest BCUT2D eigenvalue weighted by molar-refractivity contribution is 6.30. The zero-order valence-corrected chi connectivity index (χ0v) is 15.4. The number of nitrogens with zero attached hydrogens (tertiary/aromatic N) is 3. The number of rotatable bonds is 2. The van der Waals surface area contributed by atoms with Gasteiger partial charge in [-0.25, -0.2) is 9.37 Å². The number of hydrogen-bond acceptors (Lipinski definition) is 3. The Morgan fingerprint density at radius 1 is 1.23 bits per heavy atom. The van der Waals surface area contributed by atoms with Crippen LogP contribution in [0.25, 0.3) is 22.6 Å². The van der Waals surface area contributed by atoms with Crippen molar-refractivity contribution >= 4 is 11.6 Å². The molecule has 3 aromatic rings. The minimum absolute atomic E-state index is 0.0633. The fourth-order valence-corrected chi connectivity index (χ4v) is 3.50. The van der Waals surface area contributed by atoms with Gasteiger partial charge in [-0.05, 0) is 44.2 Å². The lowest BCUT2D eigenvalue weighted by Gasteiger charge is -2.13. The van der Waals surface area contributed by atoms with Crippen LogP contribution in [-0.4, -0.2) is 27.2 Å². The quantitative estimate of drug-likeness (QED) is 0.657. The molecule has 0 unspecified atom stereocenters. The molecule has 0 spiro atoms. The third kappa shape index (κ3) is 3.13. The van der Waals surface area contributed by atoms with E-state index in [0.717, 1.165) is 34.9 Å². The maximum absolute atomic E-state index is 14.0. The number of hydrogen-bond donors (Lipinski definition) is 0. The minimum Gasteiger partial charge on any atom is -0.376 e. The lowest BCUT2D eigenvalue weighted by Crippen LogP contribution is -2.15. The SMILES string of the molecule is Cc1cc(-c2nc(-c3ccc(Cl)c(F)c3)n3c2CCO[C@H](C)C3)ccn1. The predicted molar refractivity (Wildman–Crippen MR) is 99.7 cm³/mol. The summed E-state index contributed by atoms with van der Waals surface area (Å²) in [4.78, 5) is 9.16. The molecule has 0 saturated carbocycles. The Bertz CT molecular complexity index is 970. The van der Waals surface area contributed by atoms with Gasteiger partial charge in [-0.1, -0.05) is 11.6 Å². The first-order valence-electron chi connectivity index (χ1n) is 8.62. The van der Waals surface area contributed by atoms with Gasteiger partial charge < -0.3 is 9.30 Å². The van der Waals surface area contributed by atoms with E-state index in [0.29, 0.717) is 18.7 Å². The highest BCUT2D eigenvalue weighted by Gasteiger charge is 2.24. The predicted octanol–water partition coefficient (Wildman–Crippen LogP) is 4.67. The molecule has 0 saturated heterocycles. The average Bonchev–Trinajstić information content (AvgIpc) is 2.84. The third-order valence-corrected chi connectivity index (χ3v) is 4.91. The second-order valence-electron chi connectivity index (χ2n) is 6.59. The van der Waals surface area contributed by atoms with Crippen LogP contribution in [0.3, 0.4) is 0 Å². The van der Waals surface area contributed by atoms with Gasteiger partial charge in [0.05, 0.1) is 30.0 Å². The standard InChI is InChI=1S/C20H19ClFN3O/c1-12-9-14(5-7-23-12)19-18-6-8-26-13(2)11-25(18)20(24-19)15-3-4-16(21)17(22)10-15/h3-5,7,9-10,13H,6,8,11H2,1-2H3/t13-/m1/s1. The first-order chi connectivity index (χ1) is 12.5. The number of ether oxygens (including phenoxy) is 1. The van der Waals surface area contributed by atoms with Gasteiger partial charge >= 0.3 is 0 Å². The van der Waals surface area contributed by atoms with Gasteiger partial charge in [0.15, 0.2) is 0 Å². The van der Waals surface area contributed by atoms with E-state index in [-0.39, 0.29) is 11.1 Å².